The van der Waals surface area contributed by atoms with E-state index in [-0.39, 0.29) is 53.8 Å². The van der Waals surface area contributed by atoms with Crippen molar-refractivity contribution in [2.24, 2.45) is 0 Å². The molecule has 4 aromatic carbocycles. The van der Waals surface area contributed by atoms with Crippen LogP contribution >= 0.6 is 0 Å². The van der Waals surface area contributed by atoms with E-state index >= 15 is 0 Å². The zero-order chi connectivity index (χ0) is 25.3. The van der Waals surface area contributed by atoms with Gasteiger partial charge in [0.05, 0.1) is 0 Å². The molecule has 0 aliphatic heterocycles. The average Bonchev–Trinajstić information content (AvgIpc) is 3.32. The Bertz CT molecular complexity index is 1910. The molecule has 3 aromatic heterocycles. The first-order valence-electron chi connectivity index (χ1n) is 12.3. The van der Waals surface area contributed by atoms with Crippen molar-refractivity contribution in [3.8, 4) is 39.7 Å². The van der Waals surface area contributed by atoms with Crippen LogP contribution in [0.1, 0.15) is 0 Å². The summed E-state index contributed by atoms with van der Waals surface area (Å²) in [7, 11) is 0. The van der Waals surface area contributed by atoms with Gasteiger partial charge < -0.3 is 19.3 Å². The van der Waals surface area contributed by atoms with Gasteiger partial charge in [-0.1, -0.05) is 48.1 Å². The Hall–Kier alpha value is -3.43. The molecule has 0 amide bonds. The smallest absolute Gasteiger partial charge is 0.503 e. The molecule has 0 saturated carbocycles. The van der Waals surface area contributed by atoms with Crippen molar-refractivity contribution in [3.05, 3.63) is 140 Å². The Balaban J connectivity index is 0.00000161. The Kier molecular flexibility index (Phi) is 8.71. The molecule has 7 rings (SSSR count). The number of ether oxygens (including phenoxy) is 1. The molecule has 0 atom stereocenters. The maximum atomic E-state index is 6.26. The summed E-state index contributed by atoms with van der Waals surface area (Å²) in [6.07, 6.45) is 3.54. The maximum Gasteiger partial charge on any atom is 2.00 e. The zero-order valence-corrected chi connectivity index (χ0v) is 26.2. The van der Waals surface area contributed by atoms with Gasteiger partial charge >= 0.3 is 21.1 Å². The van der Waals surface area contributed by atoms with Gasteiger partial charge in [-0.15, -0.1) is 53.4 Å². The Labute approximate surface area is 272 Å². The van der Waals surface area contributed by atoms with Crippen molar-refractivity contribution in [3.63, 3.8) is 0 Å². The van der Waals surface area contributed by atoms with Crippen molar-refractivity contribution in [2.75, 3.05) is 0 Å². The van der Waals surface area contributed by atoms with Crippen LogP contribution in [0.5, 0.6) is 11.5 Å². The van der Waals surface area contributed by atoms with E-state index in [4.69, 9.17) is 9.72 Å². The molecule has 0 aliphatic rings. The van der Waals surface area contributed by atoms with Crippen LogP contribution in [0.25, 0.3) is 50.0 Å². The molecule has 4 nitrogen and oxygen atoms in total. The van der Waals surface area contributed by atoms with Gasteiger partial charge in [-0.2, -0.15) is 42.0 Å². The van der Waals surface area contributed by atoms with E-state index in [2.05, 4.69) is 52.0 Å². The van der Waals surface area contributed by atoms with Crippen molar-refractivity contribution in [2.45, 2.75) is 0 Å². The van der Waals surface area contributed by atoms with Crippen LogP contribution in [0, 0.1) is 24.3 Å². The van der Waals surface area contributed by atoms with Gasteiger partial charge in [0.2, 0.25) is 0 Å². The molecular weight excluding hydrogens is 750 g/mol. The molecule has 3 heterocycles. The number of hydrogen-bond acceptors (Lipinski definition) is 3. The molecule has 0 spiro atoms. The van der Waals surface area contributed by atoms with Gasteiger partial charge in [-0.05, 0) is 23.2 Å². The van der Waals surface area contributed by atoms with Crippen molar-refractivity contribution < 1.29 is 58.5 Å². The standard InChI is InChI=1S/C34H19N3O.Pt.Y/c1-2-10-24(11-3-1)28-15-9-21-36-34(28)37-32-17-5-4-14-29(32)30-19-18-27(23-33(30)37)38-26-13-8-12-25(22-26)31-16-6-7-20-35-31;;/h1-10,12-14,16-21H;;/q-4;+2;. The first kappa shape index (κ1) is 28.1. The molecule has 1 radical (unpaired) electrons. The molecule has 0 N–H and O–H groups in total. The molecule has 0 bridgehead atoms. The van der Waals surface area contributed by atoms with E-state index in [1.165, 1.54) is 0 Å². The second-order valence-electron chi connectivity index (χ2n) is 8.75. The van der Waals surface area contributed by atoms with Gasteiger partial charge in [0.25, 0.3) is 0 Å². The SMILES string of the molecule is [Pt+2].[Y].[c-]1c(Oc2[c-]c3c(cc2)c2ccccc2n3-c2ncc[c-]c2-c2[c-]cccc2)cccc1-c1ccccn1. The van der Waals surface area contributed by atoms with Crippen LogP contribution in [0.4, 0.5) is 0 Å². The fraction of sp³-hybridized carbons (Fsp3) is 0. The van der Waals surface area contributed by atoms with E-state index in [0.29, 0.717) is 11.5 Å². The van der Waals surface area contributed by atoms with Gasteiger partial charge in [0.15, 0.2) is 0 Å². The topological polar surface area (TPSA) is 39.9 Å². The van der Waals surface area contributed by atoms with Crippen LogP contribution < -0.4 is 4.74 Å². The van der Waals surface area contributed by atoms with Crippen LogP contribution in [-0.4, -0.2) is 14.5 Å². The number of aromatic nitrogens is 3. The molecule has 40 heavy (non-hydrogen) atoms. The fourth-order valence-corrected chi connectivity index (χ4v) is 4.73. The molecule has 0 aliphatic carbocycles. The number of nitrogens with zero attached hydrogens (tertiary/aromatic N) is 3. The number of fused-ring (bicyclic) bond motifs is 3. The number of para-hydroxylation sites is 1. The van der Waals surface area contributed by atoms with Gasteiger partial charge in [0, 0.05) is 61.7 Å². The minimum Gasteiger partial charge on any atom is -0.503 e. The molecule has 0 saturated heterocycles. The van der Waals surface area contributed by atoms with Crippen LogP contribution in [0.3, 0.4) is 0 Å². The summed E-state index contributed by atoms with van der Waals surface area (Å²) in [5, 5.41) is 2.18. The molecule has 7 aromatic rings. The summed E-state index contributed by atoms with van der Waals surface area (Å²) in [6, 6.07) is 47.2. The molecule has 6 heteroatoms. The molecule has 0 fully saturated rings. The Morgan fingerprint density at radius 1 is 0.625 bits per heavy atom. The summed E-state index contributed by atoms with van der Waals surface area (Å²) in [6.45, 7) is 0. The summed E-state index contributed by atoms with van der Waals surface area (Å²) in [5.41, 5.74) is 5.40. The summed E-state index contributed by atoms with van der Waals surface area (Å²) in [4.78, 5) is 9.22. The summed E-state index contributed by atoms with van der Waals surface area (Å²) >= 11 is 0. The van der Waals surface area contributed by atoms with E-state index in [1.54, 1.807) is 12.4 Å². The largest absolute Gasteiger partial charge is 2.00 e. The number of hydrogen-bond donors (Lipinski definition) is 0. The fourth-order valence-electron chi connectivity index (χ4n) is 4.73. The Morgan fingerprint density at radius 3 is 2.30 bits per heavy atom. The third-order valence-corrected chi connectivity index (χ3v) is 6.40. The van der Waals surface area contributed by atoms with E-state index in [1.807, 2.05) is 84.9 Å². The second kappa shape index (κ2) is 12.4. The van der Waals surface area contributed by atoms with E-state index in [0.717, 1.165) is 50.0 Å². The summed E-state index contributed by atoms with van der Waals surface area (Å²) < 4.78 is 8.39. The van der Waals surface area contributed by atoms with Crippen LogP contribution in [0.2, 0.25) is 0 Å². The predicted molar refractivity (Wildman–Crippen MR) is 149 cm³/mol. The predicted octanol–water partition coefficient (Wildman–Crippen LogP) is 7.90. The quantitative estimate of drug-likeness (QED) is 0.167. The monoisotopic (exact) mass is 769 g/mol. The van der Waals surface area contributed by atoms with Crippen molar-refractivity contribution in [1.82, 2.24) is 14.5 Å². The first-order chi connectivity index (χ1) is 18.8. The first-order valence-corrected chi connectivity index (χ1v) is 12.3. The number of rotatable bonds is 5. The third kappa shape index (κ3) is 5.32. The maximum absolute atomic E-state index is 6.26. The molecule has 191 valence electrons. The Morgan fingerprint density at radius 2 is 1.45 bits per heavy atom. The third-order valence-electron chi connectivity index (χ3n) is 6.40. The van der Waals surface area contributed by atoms with Crippen molar-refractivity contribution in [1.29, 1.82) is 0 Å². The van der Waals surface area contributed by atoms with Gasteiger partial charge in [-0.25, -0.2) is 5.56 Å². The van der Waals surface area contributed by atoms with Gasteiger partial charge in [0.1, 0.15) is 0 Å². The van der Waals surface area contributed by atoms with Gasteiger partial charge in [-0.3, -0.25) is 0 Å². The zero-order valence-electron chi connectivity index (χ0n) is 21.1. The normalized spacial score (nSPS) is 10.6. The average molecular weight is 770 g/mol. The van der Waals surface area contributed by atoms with E-state index < -0.39 is 0 Å². The number of benzene rings is 4. The molecule has 0 unspecified atom stereocenters. The number of pyridine rings is 2. The minimum absolute atomic E-state index is 0. The van der Waals surface area contributed by atoms with Crippen LogP contribution in [-0.2, 0) is 53.8 Å². The van der Waals surface area contributed by atoms with Crippen LogP contribution in [0.15, 0.2) is 116 Å². The second-order valence-corrected chi connectivity index (χ2v) is 8.75. The minimum atomic E-state index is 0. The van der Waals surface area contributed by atoms with E-state index in [9.17, 15) is 0 Å². The molecular formula is C34H19N3OPtY-2. The van der Waals surface area contributed by atoms with Crippen molar-refractivity contribution >= 4 is 21.8 Å². The summed E-state index contributed by atoms with van der Waals surface area (Å²) in [5.74, 6) is 1.94.